The molecule has 1 aromatic rings. The van der Waals surface area contributed by atoms with E-state index in [9.17, 15) is 8.42 Å². The predicted molar refractivity (Wildman–Crippen MR) is 83.8 cm³/mol. The van der Waals surface area contributed by atoms with Crippen LogP contribution in [-0.2, 0) is 14.3 Å². The summed E-state index contributed by atoms with van der Waals surface area (Å²) in [5, 5.41) is 3.52. The molecular weight excluding hydrogens is 286 g/mol. The smallest absolute Gasteiger partial charge is 0.297 e. The van der Waals surface area contributed by atoms with Crippen LogP contribution < -0.4 is 5.32 Å². The van der Waals surface area contributed by atoms with Crippen LogP contribution in [0.1, 0.15) is 46.1 Å². The SMILES string of the molecule is Cc1ccc(S(=O)(=O)OC2CC(C)(C)NC(C)(C)C2)cc1. The molecule has 0 aromatic heterocycles. The molecule has 0 radical (unpaired) electrons. The van der Waals surface area contributed by atoms with Crippen molar-refractivity contribution >= 4 is 10.1 Å². The second-order valence-electron chi connectivity index (χ2n) is 7.29. The molecule has 0 atom stereocenters. The first-order valence-corrected chi connectivity index (χ1v) is 8.69. The van der Waals surface area contributed by atoms with Crippen LogP contribution in [0.5, 0.6) is 0 Å². The van der Waals surface area contributed by atoms with E-state index in [-0.39, 0.29) is 22.1 Å². The fourth-order valence-electron chi connectivity index (χ4n) is 3.24. The monoisotopic (exact) mass is 311 g/mol. The lowest BCUT2D eigenvalue weighted by Gasteiger charge is -2.45. The maximum Gasteiger partial charge on any atom is 0.297 e. The van der Waals surface area contributed by atoms with Crippen LogP contribution >= 0.6 is 0 Å². The maximum atomic E-state index is 12.4. The molecule has 1 N–H and O–H groups in total. The molecule has 2 rings (SSSR count). The van der Waals surface area contributed by atoms with Crippen LogP contribution in [0.25, 0.3) is 0 Å². The highest BCUT2D eigenvalue weighted by molar-refractivity contribution is 7.86. The van der Waals surface area contributed by atoms with Crippen LogP contribution in [0.3, 0.4) is 0 Å². The third-order valence-corrected chi connectivity index (χ3v) is 5.10. The third kappa shape index (κ3) is 4.28. The second kappa shape index (κ2) is 5.38. The van der Waals surface area contributed by atoms with Gasteiger partial charge in [0.15, 0.2) is 0 Å². The molecule has 1 heterocycles. The summed E-state index contributed by atoms with van der Waals surface area (Å²) in [6.45, 7) is 10.2. The van der Waals surface area contributed by atoms with Gasteiger partial charge in [-0.2, -0.15) is 8.42 Å². The quantitative estimate of drug-likeness (QED) is 0.872. The summed E-state index contributed by atoms with van der Waals surface area (Å²) in [4.78, 5) is 0.224. The molecule has 21 heavy (non-hydrogen) atoms. The molecule has 5 heteroatoms. The summed E-state index contributed by atoms with van der Waals surface area (Å²) in [7, 11) is -3.70. The van der Waals surface area contributed by atoms with Gasteiger partial charge < -0.3 is 5.32 Å². The van der Waals surface area contributed by atoms with E-state index in [1.165, 1.54) is 0 Å². The first kappa shape index (κ1) is 16.5. The largest absolute Gasteiger partial charge is 0.307 e. The summed E-state index contributed by atoms with van der Waals surface area (Å²) < 4.78 is 30.3. The molecule has 1 aromatic carbocycles. The molecular formula is C16H25NO3S. The predicted octanol–water partition coefficient (Wildman–Crippen LogP) is 3.01. The Morgan fingerprint density at radius 2 is 1.52 bits per heavy atom. The highest BCUT2D eigenvalue weighted by atomic mass is 32.2. The van der Waals surface area contributed by atoms with E-state index in [0.29, 0.717) is 12.8 Å². The summed E-state index contributed by atoms with van der Waals surface area (Å²) >= 11 is 0. The van der Waals surface area contributed by atoms with Crippen LogP contribution in [0.4, 0.5) is 0 Å². The van der Waals surface area contributed by atoms with Crippen molar-refractivity contribution in [2.45, 2.75) is 69.5 Å². The minimum absolute atomic E-state index is 0.144. The summed E-state index contributed by atoms with van der Waals surface area (Å²) in [5.41, 5.74) is 0.739. The molecule has 1 aliphatic heterocycles. The molecule has 118 valence electrons. The van der Waals surface area contributed by atoms with Gasteiger partial charge in [-0.3, -0.25) is 4.18 Å². The second-order valence-corrected chi connectivity index (χ2v) is 8.86. The van der Waals surface area contributed by atoms with Crippen molar-refractivity contribution in [3.05, 3.63) is 29.8 Å². The molecule has 0 amide bonds. The number of hydrogen-bond donors (Lipinski definition) is 1. The summed E-state index contributed by atoms with van der Waals surface area (Å²) in [6.07, 6.45) is 1.03. The van der Waals surface area contributed by atoms with Crippen molar-refractivity contribution in [2.75, 3.05) is 0 Å². The Kier molecular flexibility index (Phi) is 4.21. The number of rotatable bonds is 3. The van der Waals surface area contributed by atoms with E-state index in [4.69, 9.17) is 4.18 Å². The van der Waals surface area contributed by atoms with Crippen LogP contribution in [0.2, 0.25) is 0 Å². The van der Waals surface area contributed by atoms with Gasteiger partial charge in [0, 0.05) is 11.1 Å². The normalized spacial score (nSPS) is 22.1. The van der Waals surface area contributed by atoms with Gasteiger partial charge in [0.2, 0.25) is 0 Å². The van der Waals surface area contributed by atoms with Gasteiger partial charge in [0.1, 0.15) is 0 Å². The van der Waals surface area contributed by atoms with E-state index in [1.54, 1.807) is 24.3 Å². The Morgan fingerprint density at radius 3 is 2.00 bits per heavy atom. The Balaban J connectivity index is 2.18. The van der Waals surface area contributed by atoms with Crippen molar-refractivity contribution in [1.82, 2.24) is 5.32 Å². The van der Waals surface area contributed by atoms with Gasteiger partial charge in [0.25, 0.3) is 10.1 Å². The van der Waals surface area contributed by atoms with Gasteiger partial charge >= 0.3 is 0 Å². The molecule has 0 aliphatic carbocycles. The lowest BCUT2D eigenvalue weighted by Crippen LogP contribution is -2.59. The average Bonchev–Trinajstić information content (AvgIpc) is 2.23. The van der Waals surface area contributed by atoms with Crippen molar-refractivity contribution in [3.8, 4) is 0 Å². The minimum Gasteiger partial charge on any atom is -0.307 e. The number of piperidine rings is 1. The van der Waals surface area contributed by atoms with Crippen LogP contribution in [0.15, 0.2) is 29.2 Å². The molecule has 0 bridgehead atoms. The van der Waals surface area contributed by atoms with Gasteiger partial charge in [-0.15, -0.1) is 0 Å². The van der Waals surface area contributed by atoms with Gasteiger partial charge in [0.05, 0.1) is 11.0 Å². The minimum atomic E-state index is -3.70. The topological polar surface area (TPSA) is 55.4 Å². The van der Waals surface area contributed by atoms with Crippen molar-refractivity contribution in [1.29, 1.82) is 0 Å². The van der Waals surface area contributed by atoms with Gasteiger partial charge in [-0.1, -0.05) is 17.7 Å². The Hall–Kier alpha value is -0.910. The lowest BCUT2D eigenvalue weighted by atomic mass is 9.81. The molecule has 0 unspecified atom stereocenters. The van der Waals surface area contributed by atoms with Crippen LogP contribution in [0, 0.1) is 6.92 Å². The average molecular weight is 311 g/mol. The molecule has 1 aliphatic rings. The zero-order valence-corrected chi connectivity index (χ0v) is 14.3. The highest BCUT2D eigenvalue weighted by Gasteiger charge is 2.40. The lowest BCUT2D eigenvalue weighted by molar-refractivity contribution is 0.0604. The van der Waals surface area contributed by atoms with Gasteiger partial charge in [-0.05, 0) is 59.6 Å². The fourth-order valence-corrected chi connectivity index (χ4v) is 4.31. The fraction of sp³-hybridized carbons (Fsp3) is 0.625. The summed E-state index contributed by atoms with van der Waals surface area (Å²) in [5.74, 6) is 0. The molecule has 0 spiro atoms. The zero-order valence-electron chi connectivity index (χ0n) is 13.4. The number of benzene rings is 1. The van der Waals surface area contributed by atoms with E-state index in [0.717, 1.165) is 5.56 Å². The highest BCUT2D eigenvalue weighted by Crippen LogP contribution is 2.32. The number of aryl methyl sites for hydroxylation is 1. The molecule has 1 fully saturated rings. The Bertz CT molecular complexity index is 587. The molecule has 0 saturated carbocycles. The number of nitrogens with one attached hydrogen (secondary N) is 1. The number of hydrogen-bond acceptors (Lipinski definition) is 4. The third-order valence-electron chi connectivity index (χ3n) is 3.73. The maximum absolute atomic E-state index is 12.4. The Morgan fingerprint density at radius 1 is 1.05 bits per heavy atom. The first-order chi connectivity index (χ1) is 9.49. The van der Waals surface area contributed by atoms with Gasteiger partial charge in [-0.25, -0.2) is 0 Å². The van der Waals surface area contributed by atoms with E-state index in [1.807, 2.05) is 6.92 Å². The zero-order chi connectivity index (χ0) is 15.9. The molecule has 4 nitrogen and oxygen atoms in total. The van der Waals surface area contributed by atoms with E-state index >= 15 is 0 Å². The molecule has 1 saturated heterocycles. The van der Waals surface area contributed by atoms with E-state index in [2.05, 4.69) is 33.0 Å². The summed E-state index contributed by atoms with van der Waals surface area (Å²) in [6, 6.07) is 6.77. The Labute approximate surface area is 128 Å². The van der Waals surface area contributed by atoms with E-state index < -0.39 is 10.1 Å². The van der Waals surface area contributed by atoms with Crippen molar-refractivity contribution < 1.29 is 12.6 Å². The van der Waals surface area contributed by atoms with Crippen molar-refractivity contribution in [3.63, 3.8) is 0 Å². The van der Waals surface area contributed by atoms with Crippen molar-refractivity contribution in [2.24, 2.45) is 0 Å². The first-order valence-electron chi connectivity index (χ1n) is 7.28. The van der Waals surface area contributed by atoms with Crippen LogP contribution in [-0.4, -0.2) is 25.6 Å². The standard InChI is InChI=1S/C16H25NO3S/c1-12-6-8-14(9-7-12)21(18,19)20-13-10-15(2,3)17-16(4,5)11-13/h6-9,13,17H,10-11H2,1-5H3.